The molecule has 0 saturated carbocycles. The van der Waals surface area contributed by atoms with E-state index in [1.807, 2.05) is 12.5 Å². The van der Waals surface area contributed by atoms with Gasteiger partial charge in [0.25, 0.3) is 0 Å². The Hall–Kier alpha value is -1.09. The van der Waals surface area contributed by atoms with Crippen LogP contribution in [-0.4, -0.2) is 16.1 Å². The summed E-state index contributed by atoms with van der Waals surface area (Å²) in [6.45, 7) is 9.23. The Bertz CT molecular complexity index is 334. The lowest BCUT2D eigenvalue weighted by atomic mass is 10.0. The minimum absolute atomic E-state index is 0.435. The predicted molar refractivity (Wildman–Crippen MR) is 64.5 cm³/mol. The van der Waals surface area contributed by atoms with Gasteiger partial charge in [-0.3, -0.25) is 0 Å². The standard InChI is InChI=1S/C12H21N3/c1-9(2)11(6-13)5-12-7-14-8-15(12)10(3)4/h5,7-10H,6,13H2,1-4H3. The molecule has 1 rings (SSSR count). The monoisotopic (exact) mass is 207 g/mol. The fourth-order valence-electron chi connectivity index (χ4n) is 1.51. The third-order valence-corrected chi connectivity index (χ3v) is 2.56. The van der Waals surface area contributed by atoms with Crippen LogP contribution in [-0.2, 0) is 0 Å². The van der Waals surface area contributed by atoms with Crippen LogP contribution in [0, 0.1) is 5.92 Å². The van der Waals surface area contributed by atoms with Crippen LogP contribution in [0.1, 0.15) is 39.4 Å². The Morgan fingerprint density at radius 1 is 1.47 bits per heavy atom. The van der Waals surface area contributed by atoms with E-state index < -0.39 is 0 Å². The van der Waals surface area contributed by atoms with E-state index in [0.29, 0.717) is 18.5 Å². The molecule has 0 amide bonds. The number of hydrogen-bond acceptors (Lipinski definition) is 2. The van der Waals surface area contributed by atoms with Crippen LogP contribution in [0.2, 0.25) is 0 Å². The SMILES string of the molecule is CC(C)C(=Cc1cncn1C(C)C)CN. The molecule has 0 spiro atoms. The van der Waals surface area contributed by atoms with Gasteiger partial charge in [-0.1, -0.05) is 19.4 Å². The second-order valence-corrected chi connectivity index (χ2v) is 4.40. The molecule has 0 radical (unpaired) electrons. The van der Waals surface area contributed by atoms with Crippen LogP contribution in [0.3, 0.4) is 0 Å². The summed E-state index contributed by atoms with van der Waals surface area (Å²) in [5, 5.41) is 0. The average Bonchev–Trinajstić information content (AvgIpc) is 2.61. The largest absolute Gasteiger partial charge is 0.329 e. The summed E-state index contributed by atoms with van der Waals surface area (Å²) in [5.41, 5.74) is 8.12. The number of nitrogens with zero attached hydrogens (tertiary/aromatic N) is 2. The van der Waals surface area contributed by atoms with Gasteiger partial charge in [-0.2, -0.15) is 0 Å². The highest BCUT2D eigenvalue weighted by Crippen LogP contribution is 2.16. The molecule has 1 aromatic heterocycles. The first-order chi connectivity index (χ1) is 7.06. The molecule has 0 unspecified atom stereocenters. The van der Waals surface area contributed by atoms with Crippen molar-refractivity contribution in [1.82, 2.24) is 9.55 Å². The van der Waals surface area contributed by atoms with Crippen molar-refractivity contribution in [3.05, 3.63) is 23.8 Å². The molecule has 3 heteroatoms. The molecule has 0 aliphatic heterocycles. The van der Waals surface area contributed by atoms with Gasteiger partial charge in [-0.15, -0.1) is 0 Å². The predicted octanol–water partition coefficient (Wildman–Crippen LogP) is 2.46. The quantitative estimate of drug-likeness (QED) is 0.824. The lowest BCUT2D eigenvalue weighted by Crippen LogP contribution is -2.09. The van der Waals surface area contributed by atoms with Crippen LogP contribution in [0.15, 0.2) is 18.1 Å². The zero-order chi connectivity index (χ0) is 11.4. The molecule has 0 aromatic carbocycles. The molecule has 3 nitrogen and oxygen atoms in total. The van der Waals surface area contributed by atoms with E-state index in [1.54, 1.807) is 0 Å². The maximum Gasteiger partial charge on any atom is 0.0953 e. The molecule has 0 fully saturated rings. The third kappa shape index (κ3) is 2.93. The molecule has 15 heavy (non-hydrogen) atoms. The van der Waals surface area contributed by atoms with Crippen LogP contribution in [0.25, 0.3) is 6.08 Å². The highest BCUT2D eigenvalue weighted by atomic mass is 15.1. The van der Waals surface area contributed by atoms with Crippen LogP contribution >= 0.6 is 0 Å². The Kier molecular flexibility index (Phi) is 4.09. The summed E-state index contributed by atoms with van der Waals surface area (Å²) in [5.74, 6) is 0.491. The molecule has 0 atom stereocenters. The maximum atomic E-state index is 5.72. The van der Waals surface area contributed by atoms with E-state index in [4.69, 9.17) is 5.73 Å². The second-order valence-electron chi connectivity index (χ2n) is 4.40. The van der Waals surface area contributed by atoms with E-state index in [9.17, 15) is 0 Å². The highest BCUT2D eigenvalue weighted by molar-refractivity contribution is 5.49. The minimum Gasteiger partial charge on any atom is -0.329 e. The first kappa shape index (κ1) is 12.0. The van der Waals surface area contributed by atoms with Crippen LogP contribution < -0.4 is 5.73 Å². The first-order valence-electron chi connectivity index (χ1n) is 5.48. The summed E-state index contributed by atoms with van der Waals surface area (Å²) in [6.07, 6.45) is 5.90. The average molecular weight is 207 g/mol. The van der Waals surface area contributed by atoms with Gasteiger partial charge in [-0.05, 0) is 25.8 Å². The fourth-order valence-corrected chi connectivity index (χ4v) is 1.51. The summed E-state index contributed by atoms with van der Waals surface area (Å²) >= 11 is 0. The number of hydrogen-bond donors (Lipinski definition) is 1. The molecule has 0 aliphatic rings. The van der Waals surface area contributed by atoms with Gasteiger partial charge in [0, 0.05) is 12.6 Å². The van der Waals surface area contributed by atoms with Gasteiger partial charge < -0.3 is 10.3 Å². The number of nitrogens with two attached hydrogens (primary N) is 1. The fraction of sp³-hybridized carbons (Fsp3) is 0.583. The second kappa shape index (κ2) is 5.12. The van der Waals surface area contributed by atoms with Crippen molar-refractivity contribution in [3.63, 3.8) is 0 Å². The minimum atomic E-state index is 0.435. The lowest BCUT2D eigenvalue weighted by molar-refractivity contribution is 0.594. The van der Waals surface area contributed by atoms with Gasteiger partial charge >= 0.3 is 0 Å². The van der Waals surface area contributed by atoms with Crippen LogP contribution in [0.5, 0.6) is 0 Å². The topological polar surface area (TPSA) is 43.8 Å². The Labute approximate surface area is 92.0 Å². The van der Waals surface area contributed by atoms with Crippen molar-refractivity contribution >= 4 is 6.08 Å². The lowest BCUT2D eigenvalue weighted by Gasteiger charge is -2.12. The van der Waals surface area contributed by atoms with Gasteiger partial charge in [0.2, 0.25) is 0 Å². The zero-order valence-corrected chi connectivity index (χ0v) is 10.1. The molecule has 0 bridgehead atoms. The van der Waals surface area contributed by atoms with Crippen molar-refractivity contribution in [1.29, 1.82) is 0 Å². The molecule has 0 saturated heterocycles. The van der Waals surface area contributed by atoms with Crippen molar-refractivity contribution < 1.29 is 0 Å². The van der Waals surface area contributed by atoms with Crippen molar-refractivity contribution in [2.24, 2.45) is 11.7 Å². The Morgan fingerprint density at radius 2 is 2.13 bits per heavy atom. The number of aromatic nitrogens is 2. The van der Waals surface area contributed by atoms with Crippen molar-refractivity contribution in [2.75, 3.05) is 6.54 Å². The summed E-state index contributed by atoms with van der Waals surface area (Å²) in [4.78, 5) is 4.17. The van der Waals surface area contributed by atoms with E-state index in [-0.39, 0.29) is 0 Å². The van der Waals surface area contributed by atoms with Gasteiger partial charge in [0.05, 0.1) is 18.2 Å². The Morgan fingerprint density at radius 3 is 2.60 bits per heavy atom. The van der Waals surface area contributed by atoms with E-state index in [0.717, 1.165) is 5.69 Å². The Balaban J connectivity index is 3.00. The molecule has 1 aromatic rings. The van der Waals surface area contributed by atoms with Gasteiger partial charge in [-0.25, -0.2) is 4.98 Å². The zero-order valence-electron chi connectivity index (χ0n) is 10.1. The van der Waals surface area contributed by atoms with Crippen molar-refractivity contribution in [3.8, 4) is 0 Å². The molecule has 2 N–H and O–H groups in total. The highest BCUT2D eigenvalue weighted by Gasteiger charge is 2.06. The molecule has 0 aliphatic carbocycles. The molecular formula is C12H21N3. The van der Waals surface area contributed by atoms with Gasteiger partial charge in [0.1, 0.15) is 0 Å². The smallest absolute Gasteiger partial charge is 0.0953 e. The summed E-state index contributed by atoms with van der Waals surface area (Å²) in [6, 6.07) is 0.435. The molecular weight excluding hydrogens is 186 g/mol. The van der Waals surface area contributed by atoms with E-state index >= 15 is 0 Å². The van der Waals surface area contributed by atoms with Gasteiger partial charge in [0.15, 0.2) is 0 Å². The normalized spacial score (nSPS) is 12.9. The maximum absolute atomic E-state index is 5.72. The number of rotatable bonds is 4. The molecule has 1 heterocycles. The van der Waals surface area contributed by atoms with Crippen LogP contribution in [0.4, 0.5) is 0 Å². The third-order valence-electron chi connectivity index (χ3n) is 2.56. The first-order valence-corrected chi connectivity index (χ1v) is 5.48. The summed E-state index contributed by atoms with van der Waals surface area (Å²) < 4.78 is 2.15. The van der Waals surface area contributed by atoms with E-state index in [1.165, 1.54) is 5.57 Å². The van der Waals surface area contributed by atoms with Crippen molar-refractivity contribution in [2.45, 2.75) is 33.7 Å². The summed E-state index contributed by atoms with van der Waals surface area (Å²) in [7, 11) is 0. The molecule has 84 valence electrons. The van der Waals surface area contributed by atoms with E-state index in [2.05, 4.69) is 43.3 Å². The number of imidazole rings is 1.